The molecule has 2 aromatic heterocycles. The first kappa shape index (κ1) is 17.1. The molecule has 1 aromatic carbocycles. The molecular weight excluding hydrogens is 358 g/mol. The van der Waals surface area contributed by atoms with Crippen LogP contribution >= 0.6 is 22.7 Å². The highest BCUT2D eigenvalue weighted by molar-refractivity contribution is 7.19. The average Bonchev–Trinajstić information content (AvgIpc) is 3.23. The summed E-state index contributed by atoms with van der Waals surface area (Å²) in [7, 11) is 0. The smallest absolute Gasteiger partial charge is 0.271 e. The molecule has 8 heteroatoms. The van der Waals surface area contributed by atoms with Gasteiger partial charge in [-0.1, -0.05) is 41.7 Å². The molecule has 0 spiro atoms. The van der Waals surface area contributed by atoms with E-state index >= 15 is 0 Å². The normalized spacial score (nSPS) is 10.4. The summed E-state index contributed by atoms with van der Waals surface area (Å²) in [6.07, 6.45) is 1.34. The average molecular weight is 373 g/mol. The molecule has 0 bridgehead atoms. The van der Waals surface area contributed by atoms with Crippen molar-refractivity contribution in [3.05, 3.63) is 52.3 Å². The van der Waals surface area contributed by atoms with E-state index in [1.165, 1.54) is 17.5 Å². The number of nitrogens with one attached hydrogen (secondary N) is 1. The third kappa shape index (κ3) is 3.86. The van der Waals surface area contributed by atoms with Crippen LogP contribution in [-0.2, 0) is 0 Å². The fourth-order valence-electron chi connectivity index (χ4n) is 2.14. The van der Waals surface area contributed by atoms with Crippen molar-refractivity contribution < 1.29 is 14.3 Å². The minimum Gasteiger partial charge on any atom is -0.492 e. The van der Waals surface area contributed by atoms with Crippen molar-refractivity contribution in [2.75, 3.05) is 11.9 Å². The fourth-order valence-corrected chi connectivity index (χ4v) is 3.81. The number of nitrogens with zero attached hydrogens (tertiary/aromatic N) is 1. The number of hydrogen-bond acceptors (Lipinski definition) is 6. The maximum absolute atomic E-state index is 12.6. The standard InChI is InChI=1S/C17H15N3O3S2/c1-2-23-11-8-12(10-6-4-3-5-7-10)24-14(11)16(22)20-17-19-9-13(25-17)15(18)21/h3-9H,2H2,1H3,(H2,18,21)(H,19,20,22). The summed E-state index contributed by atoms with van der Waals surface area (Å²) in [5.74, 6) is -0.382. The summed E-state index contributed by atoms with van der Waals surface area (Å²) in [6.45, 7) is 2.32. The maximum atomic E-state index is 12.6. The van der Waals surface area contributed by atoms with Crippen LogP contribution in [0.2, 0.25) is 0 Å². The van der Waals surface area contributed by atoms with Gasteiger partial charge in [-0.3, -0.25) is 14.9 Å². The van der Waals surface area contributed by atoms with E-state index in [1.54, 1.807) is 0 Å². The lowest BCUT2D eigenvalue weighted by Crippen LogP contribution is -2.11. The maximum Gasteiger partial charge on any atom is 0.271 e. The molecule has 0 saturated carbocycles. The Morgan fingerprint density at radius 2 is 2.00 bits per heavy atom. The molecule has 25 heavy (non-hydrogen) atoms. The van der Waals surface area contributed by atoms with E-state index in [0.29, 0.717) is 22.4 Å². The predicted octanol–water partition coefficient (Wildman–Crippen LogP) is 3.62. The van der Waals surface area contributed by atoms with Crippen LogP contribution in [0.3, 0.4) is 0 Å². The van der Waals surface area contributed by atoms with Gasteiger partial charge in [0, 0.05) is 4.88 Å². The number of aromatic nitrogens is 1. The number of anilines is 1. The molecule has 3 rings (SSSR count). The topological polar surface area (TPSA) is 94.3 Å². The van der Waals surface area contributed by atoms with Gasteiger partial charge in [0.05, 0.1) is 12.8 Å². The monoisotopic (exact) mass is 373 g/mol. The quantitative estimate of drug-likeness (QED) is 0.690. The van der Waals surface area contributed by atoms with Crippen LogP contribution in [0.1, 0.15) is 26.3 Å². The lowest BCUT2D eigenvalue weighted by Gasteiger charge is -2.03. The molecule has 0 fully saturated rings. The van der Waals surface area contributed by atoms with Crippen molar-refractivity contribution in [1.82, 2.24) is 4.98 Å². The van der Waals surface area contributed by atoms with Gasteiger partial charge in [-0.25, -0.2) is 4.98 Å². The highest BCUT2D eigenvalue weighted by atomic mass is 32.1. The molecule has 2 amide bonds. The van der Waals surface area contributed by atoms with Crippen molar-refractivity contribution in [3.63, 3.8) is 0 Å². The molecule has 0 aliphatic rings. The first-order chi connectivity index (χ1) is 12.1. The number of benzene rings is 1. The molecule has 0 aliphatic heterocycles. The van der Waals surface area contributed by atoms with Gasteiger partial charge in [-0.05, 0) is 18.6 Å². The molecule has 128 valence electrons. The van der Waals surface area contributed by atoms with E-state index in [9.17, 15) is 9.59 Å². The number of hydrogen-bond donors (Lipinski definition) is 2. The SMILES string of the molecule is CCOc1cc(-c2ccccc2)sc1C(=O)Nc1ncc(C(N)=O)s1. The van der Waals surface area contributed by atoms with Gasteiger partial charge < -0.3 is 10.5 Å². The van der Waals surface area contributed by atoms with Crippen molar-refractivity contribution in [2.24, 2.45) is 5.73 Å². The van der Waals surface area contributed by atoms with Crippen LogP contribution < -0.4 is 15.8 Å². The van der Waals surface area contributed by atoms with Gasteiger partial charge >= 0.3 is 0 Å². The Hall–Kier alpha value is -2.71. The highest BCUT2D eigenvalue weighted by Crippen LogP contribution is 2.37. The van der Waals surface area contributed by atoms with E-state index in [4.69, 9.17) is 10.5 Å². The molecule has 0 saturated heterocycles. The summed E-state index contributed by atoms with van der Waals surface area (Å²) in [5, 5.41) is 3.00. The fraction of sp³-hybridized carbons (Fsp3) is 0.118. The second kappa shape index (κ2) is 7.45. The third-order valence-corrected chi connectivity index (χ3v) is 5.32. The minimum absolute atomic E-state index is 0.288. The number of rotatable bonds is 6. The Labute approximate surface area is 152 Å². The number of carbonyl (C=O) groups is 2. The van der Waals surface area contributed by atoms with Crippen LogP contribution in [0.5, 0.6) is 5.75 Å². The van der Waals surface area contributed by atoms with Gasteiger partial charge in [0.25, 0.3) is 11.8 Å². The van der Waals surface area contributed by atoms with E-state index in [0.717, 1.165) is 21.8 Å². The Balaban J connectivity index is 1.87. The number of thiophene rings is 1. The Bertz CT molecular complexity index is 903. The van der Waals surface area contributed by atoms with Crippen molar-refractivity contribution in [1.29, 1.82) is 0 Å². The molecular formula is C17H15N3O3S2. The van der Waals surface area contributed by atoms with Gasteiger partial charge in [-0.2, -0.15) is 0 Å². The number of amides is 2. The zero-order chi connectivity index (χ0) is 17.8. The van der Waals surface area contributed by atoms with E-state index in [1.807, 2.05) is 43.3 Å². The first-order valence-corrected chi connectivity index (χ1v) is 9.10. The Morgan fingerprint density at radius 1 is 1.24 bits per heavy atom. The molecule has 3 aromatic rings. The molecule has 0 unspecified atom stereocenters. The second-order valence-corrected chi connectivity index (χ2v) is 7.03. The number of carbonyl (C=O) groups excluding carboxylic acids is 2. The molecule has 0 aliphatic carbocycles. The third-order valence-electron chi connectivity index (χ3n) is 3.23. The van der Waals surface area contributed by atoms with E-state index in [-0.39, 0.29) is 10.8 Å². The van der Waals surface area contributed by atoms with Crippen LogP contribution in [0.25, 0.3) is 10.4 Å². The molecule has 6 nitrogen and oxygen atoms in total. The van der Waals surface area contributed by atoms with Gasteiger partial charge in [0.15, 0.2) is 5.13 Å². The van der Waals surface area contributed by atoms with Crippen molar-refractivity contribution in [3.8, 4) is 16.2 Å². The summed E-state index contributed by atoms with van der Waals surface area (Å²) < 4.78 is 5.60. The van der Waals surface area contributed by atoms with Gasteiger partial charge in [0.2, 0.25) is 0 Å². The van der Waals surface area contributed by atoms with Crippen LogP contribution in [0.4, 0.5) is 5.13 Å². The second-order valence-electron chi connectivity index (χ2n) is 4.95. The number of ether oxygens (including phenoxy) is 1. The number of primary amides is 1. The van der Waals surface area contributed by atoms with Gasteiger partial charge in [0.1, 0.15) is 15.5 Å². The largest absolute Gasteiger partial charge is 0.492 e. The van der Waals surface area contributed by atoms with Gasteiger partial charge in [-0.15, -0.1) is 11.3 Å². The number of thiazole rings is 1. The summed E-state index contributed by atoms with van der Waals surface area (Å²) in [6, 6.07) is 11.6. The van der Waals surface area contributed by atoms with E-state index < -0.39 is 5.91 Å². The molecule has 3 N–H and O–H groups in total. The first-order valence-electron chi connectivity index (χ1n) is 7.47. The van der Waals surface area contributed by atoms with Crippen LogP contribution in [0, 0.1) is 0 Å². The summed E-state index contributed by atoms with van der Waals surface area (Å²) in [4.78, 5) is 29.4. The van der Waals surface area contributed by atoms with Crippen LogP contribution in [-0.4, -0.2) is 23.4 Å². The number of nitrogens with two attached hydrogens (primary N) is 1. The zero-order valence-electron chi connectivity index (χ0n) is 13.3. The molecule has 0 atom stereocenters. The van der Waals surface area contributed by atoms with Crippen LogP contribution in [0.15, 0.2) is 42.6 Å². The van der Waals surface area contributed by atoms with Crippen molar-refractivity contribution in [2.45, 2.75) is 6.92 Å². The molecule has 2 heterocycles. The van der Waals surface area contributed by atoms with E-state index in [2.05, 4.69) is 10.3 Å². The highest BCUT2D eigenvalue weighted by Gasteiger charge is 2.20. The Kier molecular flexibility index (Phi) is 5.11. The lowest BCUT2D eigenvalue weighted by molar-refractivity contribution is 0.100. The minimum atomic E-state index is -0.574. The van der Waals surface area contributed by atoms with Crippen molar-refractivity contribution >= 4 is 39.6 Å². The zero-order valence-corrected chi connectivity index (χ0v) is 14.9. The molecule has 0 radical (unpaired) electrons. The Morgan fingerprint density at radius 3 is 2.64 bits per heavy atom. The summed E-state index contributed by atoms with van der Waals surface area (Å²) in [5.41, 5.74) is 6.21. The lowest BCUT2D eigenvalue weighted by atomic mass is 10.2. The predicted molar refractivity (Wildman–Crippen MR) is 99.5 cm³/mol. The summed E-state index contributed by atoms with van der Waals surface area (Å²) >= 11 is 2.37.